The zero-order chi connectivity index (χ0) is 24.2. The Balaban J connectivity index is 1.66. The lowest BCUT2D eigenvalue weighted by molar-refractivity contribution is -0.138. The lowest BCUT2D eigenvalue weighted by atomic mass is 9.89. The largest absolute Gasteiger partial charge is 0.462 e. The molecule has 1 unspecified atom stereocenters. The van der Waals surface area contributed by atoms with E-state index in [1.165, 1.54) is 32.1 Å². The number of hydrogen-bond acceptors (Lipinski definition) is 6. The molecule has 0 aromatic rings. The second kappa shape index (κ2) is 14.5. The fraction of sp³-hybridized carbons (Fsp3) is 0.577. The number of fused-ring (bicyclic) bond motifs is 1. The number of amides is 1. The zero-order valence-corrected chi connectivity index (χ0v) is 21.8. The van der Waals surface area contributed by atoms with E-state index in [4.69, 9.17) is 9.57 Å². The van der Waals surface area contributed by atoms with E-state index in [9.17, 15) is 14.7 Å². The molecular weight excluding hydrogens is 547 g/mol. The van der Waals surface area contributed by atoms with Gasteiger partial charge in [0.2, 0.25) is 0 Å². The molecule has 0 spiro atoms. The molecule has 0 radical (unpaired) electrons. The van der Waals surface area contributed by atoms with Crippen molar-refractivity contribution >= 4 is 40.2 Å². The van der Waals surface area contributed by atoms with E-state index < -0.39 is 6.10 Å². The molecule has 1 heterocycles. The van der Waals surface area contributed by atoms with Gasteiger partial charge >= 0.3 is 5.97 Å². The topological polar surface area (TPSA) is 97.2 Å². The number of cyclic esters (lactones) is 1. The lowest BCUT2D eigenvalue weighted by Crippen LogP contribution is -2.32. The van der Waals surface area contributed by atoms with Crippen molar-refractivity contribution < 1.29 is 24.3 Å². The number of ether oxygens (including phenoxy) is 1. The first-order valence-electron chi connectivity index (χ1n) is 12.2. The molecule has 3 rings (SSSR count). The van der Waals surface area contributed by atoms with Crippen molar-refractivity contribution in [3.8, 4) is 0 Å². The highest BCUT2D eigenvalue weighted by Gasteiger charge is 2.27. The second-order valence-electron chi connectivity index (χ2n) is 8.96. The maximum Gasteiger partial charge on any atom is 0.339 e. The van der Waals surface area contributed by atoms with Crippen molar-refractivity contribution in [2.24, 2.45) is 11.1 Å². The monoisotopic (exact) mass is 582 g/mol. The first-order chi connectivity index (χ1) is 16.5. The lowest BCUT2D eigenvalue weighted by Gasteiger charge is -2.21. The molecule has 0 aromatic carbocycles. The molecule has 1 aliphatic heterocycles. The van der Waals surface area contributed by atoms with E-state index in [2.05, 4.69) is 39.1 Å². The van der Waals surface area contributed by atoms with Gasteiger partial charge in [-0.25, -0.2) is 4.79 Å². The third-order valence-electron chi connectivity index (χ3n) is 6.13. The average Bonchev–Trinajstić information content (AvgIpc) is 2.81. The molecule has 0 bridgehead atoms. The second-order valence-corrected chi connectivity index (χ2v) is 10.3. The van der Waals surface area contributed by atoms with Crippen LogP contribution < -0.4 is 5.32 Å². The Morgan fingerprint density at radius 1 is 1.18 bits per heavy atom. The van der Waals surface area contributed by atoms with Crippen LogP contribution in [0.1, 0.15) is 64.2 Å². The van der Waals surface area contributed by atoms with Gasteiger partial charge in [0.1, 0.15) is 0 Å². The summed E-state index contributed by atoms with van der Waals surface area (Å²) in [6.45, 7) is 0.844. The number of rotatable bonds is 5. The predicted molar refractivity (Wildman–Crippen MR) is 140 cm³/mol. The minimum atomic E-state index is -0.669. The van der Waals surface area contributed by atoms with Crippen LogP contribution in [0, 0.1) is 5.92 Å². The Labute approximate surface area is 215 Å². The summed E-state index contributed by atoms with van der Waals surface area (Å²) < 4.78 is 6.23. The van der Waals surface area contributed by atoms with E-state index in [0.29, 0.717) is 55.2 Å². The molecule has 8 heteroatoms. The minimum Gasteiger partial charge on any atom is -0.462 e. The van der Waals surface area contributed by atoms with Gasteiger partial charge in [0, 0.05) is 23.0 Å². The van der Waals surface area contributed by atoms with Crippen molar-refractivity contribution in [2.75, 3.05) is 19.8 Å². The number of carbonyl (C=O) groups is 2. The molecule has 1 amide bonds. The van der Waals surface area contributed by atoms with Crippen LogP contribution in [0.15, 0.2) is 50.3 Å². The fourth-order valence-corrected chi connectivity index (χ4v) is 5.37. The minimum absolute atomic E-state index is 0.156. The maximum atomic E-state index is 12.8. The molecule has 2 N–H and O–H groups in total. The molecule has 7 nitrogen and oxygen atoms in total. The summed E-state index contributed by atoms with van der Waals surface area (Å²) in [5, 5.41) is 17.4. The molecule has 1 fully saturated rings. The number of oxime groups is 1. The highest BCUT2D eigenvalue weighted by Crippen LogP contribution is 2.33. The van der Waals surface area contributed by atoms with Crippen LogP contribution >= 0.6 is 22.6 Å². The van der Waals surface area contributed by atoms with Gasteiger partial charge in [-0.1, -0.05) is 48.7 Å². The first-order valence-corrected chi connectivity index (χ1v) is 13.3. The van der Waals surface area contributed by atoms with Gasteiger partial charge in [-0.3, -0.25) is 4.79 Å². The number of nitrogens with one attached hydrogen (secondary N) is 1. The molecule has 186 valence electrons. The zero-order valence-electron chi connectivity index (χ0n) is 19.6. The van der Waals surface area contributed by atoms with Crippen LogP contribution in [0.2, 0.25) is 0 Å². The van der Waals surface area contributed by atoms with Crippen molar-refractivity contribution in [3.05, 3.63) is 45.1 Å². The Kier molecular flexibility index (Phi) is 11.3. The van der Waals surface area contributed by atoms with Gasteiger partial charge in [0.25, 0.3) is 5.91 Å². The molecular formula is C26H35IN2O5. The number of esters is 1. The van der Waals surface area contributed by atoms with Crippen LogP contribution in [0.3, 0.4) is 0 Å². The average molecular weight is 582 g/mol. The van der Waals surface area contributed by atoms with Crippen molar-refractivity contribution in [3.63, 3.8) is 0 Å². The van der Waals surface area contributed by atoms with Crippen molar-refractivity contribution in [2.45, 2.75) is 70.3 Å². The molecule has 0 aromatic heterocycles. The molecule has 1 atom stereocenters. The molecule has 0 saturated heterocycles. The standard InChI is InChI=1S/C26H35IN2O5/c27-23-16-22(30)15-20-14-21(12-8-3-1-2-4-9-13-33-26(32)25(20)23)29-34-18-24(31)28-17-19-10-6-5-7-11-19/h2,4,8,12,15,19,22,30H,1,3,5-7,9-11,13-14,16-18H2,(H,28,31)/b4-2+,12-8+,29-21+. The highest BCUT2D eigenvalue weighted by molar-refractivity contribution is 14.1. The molecule has 34 heavy (non-hydrogen) atoms. The number of allylic oxidation sites excluding steroid dienone is 3. The van der Waals surface area contributed by atoms with Gasteiger partial charge in [-0.05, 0) is 72.3 Å². The number of halogens is 1. The van der Waals surface area contributed by atoms with Crippen molar-refractivity contribution in [1.82, 2.24) is 5.32 Å². The summed E-state index contributed by atoms with van der Waals surface area (Å²) in [5.41, 5.74) is 1.73. The fourth-order valence-electron chi connectivity index (χ4n) is 4.35. The highest BCUT2D eigenvalue weighted by atomic mass is 127. The van der Waals surface area contributed by atoms with Crippen LogP contribution in [0.4, 0.5) is 0 Å². The number of carbonyl (C=O) groups excluding carboxylic acids is 2. The summed E-state index contributed by atoms with van der Waals surface area (Å²) in [7, 11) is 0. The van der Waals surface area contributed by atoms with Crippen LogP contribution in [0.5, 0.6) is 0 Å². The summed E-state index contributed by atoms with van der Waals surface area (Å²) in [4.78, 5) is 30.4. The van der Waals surface area contributed by atoms with Crippen LogP contribution in [-0.2, 0) is 19.2 Å². The van der Waals surface area contributed by atoms with E-state index in [1.54, 1.807) is 6.08 Å². The summed E-state index contributed by atoms with van der Waals surface area (Å²) >= 11 is 2.10. The van der Waals surface area contributed by atoms with E-state index in [-0.39, 0.29) is 18.5 Å². The first kappa shape index (κ1) is 26.7. The third-order valence-corrected chi connectivity index (χ3v) is 7.11. The van der Waals surface area contributed by atoms with Gasteiger partial charge in [0.15, 0.2) is 6.61 Å². The van der Waals surface area contributed by atoms with Crippen LogP contribution in [-0.4, -0.2) is 48.6 Å². The molecule has 3 aliphatic rings. The summed E-state index contributed by atoms with van der Waals surface area (Å²) in [5.74, 6) is -0.0204. The summed E-state index contributed by atoms with van der Waals surface area (Å²) in [6.07, 6.45) is 18.1. The van der Waals surface area contributed by atoms with Gasteiger partial charge in [-0.2, -0.15) is 0 Å². The Bertz CT molecular complexity index is 868. The van der Waals surface area contributed by atoms with E-state index in [1.807, 2.05) is 18.2 Å². The van der Waals surface area contributed by atoms with Crippen LogP contribution in [0.25, 0.3) is 0 Å². The number of hydrogen-bond donors (Lipinski definition) is 2. The molecule has 1 saturated carbocycles. The summed E-state index contributed by atoms with van der Waals surface area (Å²) in [6, 6.07) is 0. The quantitative estimate of drug-likeness (QED) is 0.213. The normalized spacial score (nSPS) is 26.1. The number of aliphatic hydroxyl groups excluding tert-OH is 1. The Hall–Kier alpha value is -1.94. The smallest absolute Gasteiger partial charge is 0.339 e. The maximum absolute atomic E-state index is 12.8. The number of nitrogens with zero attached hydrogens (tertiary/aromatic N) is 1. The molecule has 2 aliphatic carbocycles. The SMILES string of the molecule is O=C(CO/N=C1\C=C\CC/C=C/CCOC(=O)C2=C(I)CC(O)C=C2C1)NCC1CCCCC1. The van der Waals surface area contributed by atoms with E-state index in [0.717, 1.165) is 16.4 Å². The Morgan fingerprint density at radius 2 is 1.94 bits per heavy atom. The predicted octanol–water partition coefficient (Wildman–Crippen LogP) is 4.67. The van der Waals surface area contributed by atoms with Gasteiger partial charge in [0.05, 0.1) is 24.0 Å². The Morgan fingerprint density at radius 3 is 2.76 bits per heavy atom. The van der Waals surface area contributed by atoms with E-state index >= 15 is 0 Å². The van der Waals surface area contributed by atoms with Crippen molar-refractivity contribution in [1.29, 1.82) is 0 Å². The third kappa shape index (κ3) is 9.02. The van der Waals surface area contributed by atoms with Gasteiger partial charge in [-0.15, -0.1) is 0 Å². The number of aliphatic hydroxyl groups is 1. The van der Waals surface area contributed by atoms with Gasteiger partial charge < -0.3 is 20.0 Å².